The number of benzene rings is 3. The molecular formula is C21H17Cl3N2O4S. The molecule has 2 N–H and O–H groups in total. The van der Waals surface area contributed by atoms with Gasteiger partial charge in [-0.25, -0.2) is 8.42 Å². The number of halogens is 3. The summed E-state index contributed by atoms with van der Waals surface area (Å²) in [6, 6.07) is 15.5. The number of nitrogens with one attached hydrogen (secondary N) is 2. The molecule has 0 radical (unpaired) electrons. The van der Waals surface area contributed by atoms with E-state index in [4.69, 9.17) is 39.5 Å². The van der Waals surface area contributed by atoms with Crippen molar-refractivity contribution in [2.75, 3.05) is 16.6 Å². The second-order valence-electron chi connectivity index (χ2n) is 6.53. The molecule has 0 aromatic heterocycles. The fourth-order valence-electron chi connectivity index (χ4n) is 2.50. The molecule has 0 aliphatic heterocycles. The first-order valence-corrected chi connectivity index (χ1v) is 11.5. The van der Waals surface area contributed by atoms with Crippen molar-refractivity contribution in [3.05, 3.63) is 81.3 Å². The lowest BCUT2D eigenvalue weighted by atomic mass is 10.2. The molecule has 0 saturated carbocycles. The van der Waals surface area contributed by atoms with Crippen molar-refractivity contribution in [2.24, 2.45) is 0 Å². The molecule has 10 heteroatoms. The van der Waals surface area contributed by atoms with Gasteiger partial charge in [0.15, 0.2) is 6.61 Å². The van der Waals surface area contributed by atoms with E-state index < -0.39 is 15.9 Å². The highest BCUT2D eigenvalue weighted by Gasteiger charge is 2.15. The summed E-state index contributed by atoms with van der Waals surface area (Å²) in [5, 5.41) is 3.32. The fourth-order valence-corrected chi connectivity index (χ4v) is 4.16. The van der Waals surface area contributed by atoms with Crippen LogP contribution in [0.2, 0.25) is 15.1 Å². The smallest absolute Gasteiger partial charge is 0.262 e. The summed E-state index contributed by atoms with van der Waals surface area (Å²) < 4.78 is 32.9. The van der Waals surface area contributed by atoms with Crippen molar-refractivity contribution in [3.63, 3.8) is 0 Å². The third-order valence-corrected chi connectivity index (χ3v) is 6.52. The molecule has 0 bridgehead atoms. The lowest BCUT2D eigenvalue weighted by Crippen LogP contribution is -2.20. The molecule has 0 atom stereocenters. The molecule has 0 fully saturated rings. The third-order valence-electron chi connectivity index (χ3n) is 4.09. The van der Waals surface area contributed by atoms with Crippen LogP contribution in [0, 0.1) is 6.92 Å². The number of amides is 1. The van der Waals surface area contributed by atoms with E-state index in [0.29, 0.717) is 17.1 Å². The van der Waals surface area contributed by atoms with Gasteiger partial charge in [-0.05, 0) is 55.5 Å². The van der Waals surface area contributed by atoms with Crippen molar-refractivity contribution in [2.45, 2.75) is 11.8 Å². The summed E-state index contributed by atoms with van der Waals surface area (Å²) in [5.74, 6) is -0.150. The Kier molecular flexibility index (Phi) is 7.33. The highest BCUT2D eigenvalue weighted by molar-refractivity contribution is 7.92. The van der Waals surface area contributed by atoms with Crippen LogP contribution in [-0.2, 0) is 14.8 Å². The minimum Gasteiger partial charge on any atom is -0.484 e. The number of sulfonamides is 1. The normalized spacial score (nSPS) is 11.1. The Bertz CT molecular complexity index is 1200. The largest absolute Gasteiger partial charge is 0.484 e. The maximum absolute atomic E-state index is 12.5. The minimum absolute atomic E-state index is 0.0625. The number of hydrogen-bond acceptors (Lipinski definition) is 4. The van der Waals surface area contributed by atoms with Gasteiger partial charge in [0.25, 0.3) is 15.9 Å². The number of anilines is 2. The van der Waals surface area contributed by atoms with Gasteiger partial charge in [-0.2, -0.15) is 0 Å². The predicted octanol–water partition coefficient (Wildman–Crippen LogP) is 5.77. The van der Waals surface area contributed by atoms with Crippen molar-refractivity contribution < 1.29 is 17.9 Å². The molecule has 0 aliphatic carbocycles. The number of carbonyl (C=O) groups excluding carboxylic acids is 1. The second-order valence-corrected chi connectivity index (χ2v) is 9.43. The van der Waals surface area contributed by atoms with E-state index in [-0.39, 0.29) is 26.6 Å². The number of ether oxygens (including phenoxy) is 1. The van der Waals surface area contributed by atoms with Crippen LogP contribution in [0.1, 0.15) is 5.56 Å². The fraction of sp³-hybridized carbons (Fsp3) is 0.0952. The Morgan fingerprint density at radius 2 is 1.52 bits per heavy atom. The summed E-state index contributed by atoms with van der Waals surface area (Å²) in [4.78, 5) is 12.2. The predicted molar refractivity (Wildman–Crippen MR) is 124 cm³/mol. The van der Waals surface area contributed by atoms with Crippen LogP contribution in [0.3, 0.4) is 0 Å². The van der Waals surface area contributed by atoms with Gasteiger partial charge in [0.2, 0.25) is 0 Å². The number of rotatable bonds is 7. The molecule has 0 spiro atoms. The average molecular weight is 500 g/mol. The zero-order valence-corrected chi connectivity index (χ0v) is 19.2. The van der Waals surface area contributed by atoms with E-state index in [1.54, 1.807) is 12.1 Å². The lowest BCUT2D eigenvalue weighted by molar-refractivity contribution is -0.118. The Morgan fingerprint density at radius 1 is 0.903 bits per heavy atom. The molecular weight excluding hydrogens is 483 g/mol. The molecule has 6 nitrogen and oxygen atoms in total. The molecule has 0 heterocycles. The maximum Gasteiger partial charge on any atom is 0.262 e. The number of hydrogen-bond donors (Lipinski definition) is 2. The van der Waals surface area contributed by atoms with Gasteiger partial charge in [0.1, 0.15) is 5.75 Å². The summed E-state index contributed by atoms with van der Waals surface area (Å²) in [5.41, 5.74) is 1.78. The molecule has 0 aliphatic rings. The third kappa shape index (κ3) is 6.27. The Morgan fingerprint density at radius 3 is 2.16 bits per heavy atom. The first-order valence-electron chi connectivity index (χ1n) is 8.91. The quantitative estimate of drug-likeness (QED) is 0.404. The first-order chi connectivity index (χ1) is 14.6. The highest BCUT2D eigenvalue weighted by Crippen LogP contribution is 2.32. The SMILES string of the molecule is Cc1ccc(NS(=O)(=O)c2ccc(OCC(=O)Nc3cc(Cl)c(Cl)cc3Cl)cc2)cc1. The van der Waals surface area contributed by atoms with Crippen LogP contribution < -0.4 is 14.8 Å². The van der Waals surface area contributed by atoms with Crippen molar-refractivity contribution >= 4 is 62.1 Å². The summed E-state index contributed by atoms with van der Waals surface area (Å²) >= 11 is 17.8. The van der Waals surface area contributed by atoms with Crippen molar-refractivity contribution in [1.29, 1.82) is 0 Å². The minimum atomic E-state index is -3.75. The molecule has 3 rings (SSSR count). The van der Waals surface area contributed by atoms with Gasteiger partial charge in [0, 0.05) is 5.69 Å². The zero-order valence-electron chi connectivity index (χ0n) is 16.2. The monoisotopic (exact) mass is 498 g/mol. The molecule has 1 amide bonds. The van der Waals surface area contributed by atoms with E-state index in [9.17, 15) is 13.2 Å². The van der Waals surface area contributed by atoms with Crippen LogP contribution in [0.4, 0.5) is 11.4 Å². The summed E-state index contributed by atoms with van der Waals surface area (Å²) in [7, 11) is -3.75. The van der Waals surface area contributed by atoms with Gasteiger partial charge in [-0.3, -0.25) is 9.52 Å². The van der Waals surface area contributed by atoms with E-state index in [1.165, 1.54) is 36.4 Å². The number of aryl methyl sites for hydroxylation is 1. The molecule has 0 unspecified atom stereocenters. The first kappa shape index (κ1) is 23.2. The summed E-state index contributed by atoms with van der Waals surface area (Å²) in [6.45, 7) is 1.60. The van der Waals surface area contributed by atoms with E-state index >= 15 is 0 Å². The average Bonchev–Trinajstić information content (AvgIpc) is 2.72. The van der Waals surface area contributed by atoms with E-state index in [2.05, 4.69) is 10.0 Å². The molecule has 0 saturated heterocycles. The van der Waals surface area contributed by atoms with Crippen LogP contribution >= 0.6 is 34.8 Å². The maximum atomic E-state index is 12.5. The van der Waals surface area contributed by atoms with Crippen LogP contribution in [0.5, 0.6) is 5.75 Å². The Labute approximate surface area is 195 Å². The summed E-state index contributed by atoms with van der Waals surface area (Å²) in [6.07, 6.45) is 0. The van der Waals surface area contributed by atoms with E-state index in [1.807, 2.05) is 19.1 Å². The zero-order chi connectivity index (χ0) is 22.6. The second kappa shape index (κ2) is 9.78. The van der Waals surface area contributed by atoms with Gasteiger partial charge < -0.3 is 10.1 Å². The van der Waals surface area contributed by atoms with Crippen LogP contribution in [0.15, 0.2) is 65.6 Å². The highest BCUT2D eigenvalue weighted by atomic mass is 35.5. The van der Waals surface area contributed by atoms with Crippen molar-refractivity contribution in [3.8, 4) is 5.75 Å². The van der Waals surface area contributed by atoms with Gasteiger partial charge in [0.05, 0.1) is 25.7 Å². The Hall–Kier alpha value is -2.45. The topological polar surface area (TPSA) is 84.5 Å². The van der Waals surface area contributed by atoms with Crippen LogP contribution in [-0.4, -0.2) is 20.9 Å². The molecule has 3 aromatic carbocycles. The molecule has 3 aromatic rings. The van der Waals surface area contributed by atoms with Gasteiger partial charge in [-0.15, -0.1) is 0 Å². The molecule has 162 valence electrons. The lowest BCUT2D eigenvalue weighted by Gasteiger charge is -2.11. The number of carbonyl (C=O) groups is 1. The molecule has 31 heavy (non-hydrogen) atoms. The van der Waals surface area contributed by atoms with Crippen LogP contribution in [0.25, 0.3) is 0 Å². The van der Waals surface area contributed by atoms with Gasteiger partial charge in [-0.1, -0.05) is 52.5 Å². The van der Waals surface area contributed by atoms with Crippen molar-refractivity contribution in [1.82, 2.24) is 0 Å². The Balaban J connectivity index is 1.59. The standard InChI is InChI=1S/C21H17Cl3N2O4S/c1-13-2-4-14(5-3-13)26-31(28,29)16-8-6-15(7-9-16)30-12-21(27)25-20-11-18(23)17(22)10-19(20)24/h2-11,26H,12H2,1H3,(H,25,27). The van der Waals surface area contributed by atoms with E-state index in [0.717, 1.165) is 5.56 Å². The van der Waals surface area contributed by atoms with Gasteiger partial charge >= 0.3 is 0 Å².